The number of hydrogen-bond donors (Lipinski definition) is 2. The molecule has 128 valence electrons. The lowest BCUT2D eigenvalue weighted by atomic mass is 10.1. The molecule has 3 aromatic rings. The number of carbonyl (C=O) groups is 1. The quantitative estimate of drug-likeness (QED) is 0.725. The molecule has 0 bridgehead atoms. The van der Waals surface area contributed by atoms with E-state index in [4.69, 9.17) is 0 Å². The fraction of sp³-hybridized carbons (Fsp3) is 0.211. The molecule has 2 atom stereocenters. The number of carbonyl (C=O) groups excluding carboxylic acids is 1. The van der Waals surface area contributed by atoms with Crippen LogP contribution in [0.4, 0.5) is 0 Å². The second-order valence-electron chi connectivity index (χ2n) is 5.86. The molecule has 6 heteroatoms. The summed E-state index contributed by atoms with van der Waals surface area (Å²) in [6.45, 7) is 2.15. The Balaban J connectivity index is 1.62. The molecule has 0 fully saturated rings. The second-order valence-corrected chi connectivity index (χ2v) is 5.86. The molecule has 0 aliphatic rings. The highest BCUT2D eigenvalue weighted by atomic mass is 16.3. The topological polar surface area (TPSA) is 80.0 Å². The molecule has 3 rings (SSSR count). The predicted octanol–water partition coefficient (Wildman–Crippen LogP) is 2.50. The van der Waals surface area contributed by atoms with E-state index >= 15 is 0 Å². The summed E-state index contributed by atoms with van der Waals surface area (Å²) in [5.41, 5.74) is 2.03. The lowest BCUT2D eigenvalue weighted by molar-refractivity contribution is 0.0934. The van der Waals surface area contributed by atoms with Gasteiger partial charge in [0.15, 0.2) is 5.69 Å². The van der Waals surface area contributed by atoms with E-state index in [2.05, 4.69) is 15.6 Å². The Morgan fingerprint density at radius 1 is 1.08 bits per heavy atom. The Morgan fingerprint density at radius 3 is 2.32 bits per heavy atom. The van der Waals surface area contributed by atoms with Gasteiger partial charge in [-0.1, -0.05) is 65.9 Å². The minimum Gasteiger partial charge on any atom is -0.386 e. The van der Waals surface area contributed by atoms with E-state index in [9.17, 15) is 9.90 Å². The van der Waals surface area contributed by atoms with Gasteiger partial charge in [0.1, 0.15) is 0 Å². The van der Waals surface area contributed by atoms with Gasteiger partial charge in [0.2, 0.25) is 0 Å². The Kier molecular flexibility index (Phi) is 5.20. The van der Waals surface area contributed by atoms with Crippen LogP contribution >= 0.6 is 0 Å². The molecule has 0 radical (unpaired) electrons. The van der Waals surface area contributed by atoms with E-state index in [1.807, 2.05) is 67.6 Å². The summed E-state index contributed by atoms with van der Waals surface area (Å²) in [5.74, 6) is -0.295. The van der Waals surface area contributed by atoms with E-state index < -0.39 is 6.10 Å². The van der Waals surface area contributed by atoms with Crippen LogP contribution in [0.5, 0.6) is 0 Å². The van der Waals surface area contributed by atoms with Crippen molar-refractivity contribution in [2.24, 2.45) is 0 Å². The van der Waals surface area contributed by atoms with Gasteiger partial charge in [-0.25, -0.2) is 4.68 Å². The first-order valence-electron chi connectivity index (χ1n) is 8.12. The summed E-state index contributed by atoms with van der Waals surface area (Å²) in [5, 5.41) is 20.9. The van der Waals surface area contributed by atoms with Gasteiger partial charge in [-0.05, 0) is 18.1 Å². The molecule has 0 aliphatic carbocycles. The van der Waals surface area contributed by atoms with Crippen molar-refractivity contribution in [2.45, 2.75) is 25.6 Å². The molecule has 2 aromatic carbocycles. The maximum atomic E-state index is 12.3. The van der Waals surface area contributed by atoms with Crippen molar-refractivity contribution in [1.82, 2.24) is 20.3 Å². The lowest BCUT2D eigenvalue weighted by Gasteiger charge is -2.13. The third kappa shape index (κ3) is 4.30. The number of rotatable bonds is 6. The Labute approximate surface area is 146 Å². The molecule has 0 saturated heterocycles. The molecule has 0 aliphatic heterocycles. The second kappa shape index (κ2) is 7.72. The molecule has 0 spiro atoms. The Hall–Kier alpha value is -2.99. The van der Waals surface area contributed by atoms with E-state index in [1.165, 1.54) is 4.68 Å². The largest absolute Gasteiger partial charge is 0.386 e. The highest BCUT2D eigenvalue weighted by Crippen LogP contribution is 2.15. The van der Waals surface area contributed by atoms with Gasteiger partial charge in [-0.3, -0.25) is 4.79 Å². The fourth-order valence-electron chi connectivity index (χ4n) is 2.55. The van der Waals surface area contributed by atoms with Crippen LogP contribution in [-0.4, -0.2) is 26.0 Å². The zero-order chi connectivity index (χ0) is 17.6. The highest BCUT2D eigenvalue weighted by molar-refractivity contribution is 5.92. The maximum absolute atomic E-state index is 12.3. The van der Waals surface area contributed by atoms with Gasteiger partial charge in [-0.15, -0.1) is 5.10 Å². The Morgan fingerprint density at radius 2 is 1.68 bits per heavy atom. The molecular weight excluding hydrogens is 316 g/mol. The number of amides is 1. The molecule has 6 nitrogen and oxygen atoms in total. The van der Waals surface area contributed by atoms with Crippen LogP contribution in [-0.2, 0) is 6.54 Å². The first kappa shape index (κ1) is 16.9. The molecule has 1 amide bonds. The van der Waals surface area contributed by atoms with Crippen molar-refractivity contribution in [3.8, 4) is 0 Å². The number of aromatic nitrogens is 3. The molecule has 1 aromatic heterocycles. The number of nitrogens with one attached hydrogen (secondary N) is 1. The summed E-state index contributed by atoms with van der Waals surface area (Å²) >= 11 is 0. The van der Waals surface area contributed by atoms with Crippen LogP contribution < -0.4 is 5.32 Å². The smallest absolute Gasteiger partial charge is 0.273 e. The van der Waals surface area contributed by atoms with Crippen molar-refractivity contribution in [1.29, 1.82) is 0 Å². The number of aliphatic hydroxyl groups is 1. The van der Waals surface area contributed by atoms with E-state index in [0.717, 1.165) is 11.1 Å². The van der Waals surface area contributed by atoms with Gasteiger partial charge < -0.3 is 10.4 Å². The van der Waals surface area contributed by atoms with Gasteiger partial charge in [0.05, 0.1) is 24.9 Å². The molecule has 25 heavy (non-hydrogen) atoms. The SMILES string of the molecule is C[C@H](NC(=O)c1cn(C[C@@H](O)c2ccccc2)nn1)c1ccccc1. The van der Waals surface area contributed by atoms with Crippen molar-refractivity contribution in [3.05, 3.63) is 83.7 Å². The number of aliphatic hydroxyl groups excluding tert-OH is 1. The monoisotopic (exact) mass is 336 g/mol. The molecular formula is C19H20N4O2. The molecule has 0 unspecified atom stereocenters. The predicted molar refractivity (Wildman–Crippen MR) is 93.7 cm³/mol. The van der Waals surface area contributed by atoms with Crippen LogP contribution in [0.25, 0.3) is 0 Å². The van der Waals surface area contributed by atoms with E-state index in [1.54, 1.807) is 6.20 Å². The highest BCUT2D eigenvalue weighted by Gasteiger charge is 2.16. The van der Waals surface area contributed by atoms with Crippen LogP contribution in [0, 0.1) is 0 Å². The van der Waals surface area contributed by atoms with Gasteiger partial charge in [-0.2, -0.15) is 0 Å². The van der Waals surface area contributed by atoms with Crippen molar-refractivity contribution in [2.75, 3.05) is 0 Å². The normalized spacial score (nSPS) is 13.2. The van der Waals surface area contributed by atoms with Crippen molar-refractivity contribution in [3.63, 3.8) is 0 Å². The van der Waals surface area contributed by atoms with Gasteiger partial charge in [0.25, 0.3) is 5.91 Å². The van der Waals surface area contributed by atoms with Crippen LogP contribution in [0.3, 0.4) is 0 Å². The van der Waals surface area contributed by atoms with Crippen molar-refractivity contribution < 1.29 is 9.90 Å². The number of benzene rings is 2. The summed E-state index contributed by atoms with van der Waals surface area (Å²) in [6, 6.07) is 18.9. The van der Waals surface area contributed by atoms with Gasteiger partial charge in [0, 0.05) is 0 Å². The van der Waals surface area contributed by atoms with Crippen molar-refractivity contribution >= 4 is 5.91 Å². The average molecular weight is 336 g/mol. The zero-order valence-corrected chi connectivity index (χ0v) is 13.9. The standard InChI is InChI=1S/C19H20N4O2/c1-14(15-8-4-2-5-9-15)20-19(25)17-12-23(22-21-17)13-18(24)16-10-6-3-7-11-16/h2-12,14,18,24H,13H2,1H3,(H,20,25)/t14-,18+/m0/s1. The lowest BCUT2D eigenvalue weighted by Crippen LogP contribution is -2.26. The maximum Gasteiger partial charge on any atom is 0.273 e. The first-order chi connectivity index (χ1) is 12.1. The summed E-state index contributed by atoms with van der Waals surface area (Å²) in [7, 11) is 0. The minimum atomic E-state index is -0.706. The van der Waals surface area contributed by atoms with E-state index in [0.29, 0.717) is 0 Å². The molecule has 1 heterocycles. The molecule has 0 saturated carbocycles. The summed E-state index contributed by atoms with van der Waals surface area (Å²) in [6.07, 6.45) is 0.834. The number of hydrogen-bond acceptors (Lipinski definition) is 4. The minimum absolute atomic E-state index is 0.131. The summed E-state index contributed by atoms with van der Waals surface area (Å²) < 4.78 is 1.47. The van der Waals surface area contributed by atoms with E-state index in [-0.39, 0.29) is 24.2 Å². The third-order valence-corrected chi connectivity index (χ3v) is 3.96. The Bertz CT molecular complexity index is 818. The fourth-order valence-corrected chi connectivity index (χ4v) is 2.55. The van der Waals surface area contributed by atoms with Crippen LogP contribution in [0.2, 0.25) is 0 Å². The van der Waals surface area contributed by atoms with Crippen LogP contribution in [0.15, 0.2) is 66.9 Å². The van der Waals surface area contributed by atoms with Crippen LogP contribution in [0.1, 0.15) is 40.7 Å². The average Bonchev–Trinajstić information content (AvgIpc) is 3.12. The zero-order valence-electron chi connectivity index (χ0n) is 13.9. The third-order valence-electron chi connectivity index (χ3n) is 3.96. The first-order valence-corrected chi connectivity index (χ1v) is 8.12. The summed E-state index contributed by atoms with van der Waals surface area (Å²) in [4.78, 5) is 12.3. The number of nitrogens with zero attached hydrogens (tertiary/aromatic N) is 3. The molecule has 2 N–H and O–H groups in total. The van der Waals surface area contributed by atoms with Gasteiger partial charge >= 0.3 is 0 Å².